The Bertz CT molecular complexity index is 1050. The van der Waals surface area contributed by atoms with E-state index in [0.29, 0.717) is 12.0 Å². The van der Waals surface area contributed by atoms with Gasteiger partial charge in [-0.15, -0.1) is 0 Å². The molecule has 0 unspecified atom stereocenters. The molecule has 0 aliphatic carbocycles. The number of benzene rings is 2. The summed E-state index contributed by atoms with van der Waals surface area (Å²) in [5.74, 6) is 0.00838. The fourth-order valence-corrected chi connectivity index (χ4v) is 4.10. The van der Waals surface area contributed by atoms with Crippen LogP contribution in [-0.4, -0.2) is 60.7 Å². The smallest absolute Gasteiger partial charge is 0.407 e. The molecule has 0 bridgehead atoms. The number of nitrogens with zero attached hydrogens (tertiary/aromatic N) is 1. The maximum absolute atomic E-state index is 13.6. The zero-order chi connectivity index (χ0) is 26.2. The van der Waals surface area contributed by atoms with Gasteiger partial charge in [-0.25, -0.2) is 9.59 Å². The Hall–Kier alpha value is -3.00. The molecule has 2 aromatic carbocycles. The van der Waals surface area contributed by atoms with Gasteiger partial charge in [-0.3, -0.25) is 4.79 Å². The van der Waals surface area contributed by atoms with Gasteiger partial charge in [0.2, 0.25) is 0 Å². The molecule has 0 aromatic heterocycles. The molecule has 35 heavy (non-hydrogen) atoms. The summed E-state index contributed by atoms with van der Waals surface area (Å²) in [5.41, 5.74) is 3.34. The van der Waals surface area contributed by atoms with E-state index in [0.717, 1.165) is 28.0 Å². The number of nitrogens with one attached hydrogen (secondary N) is 1. The first-order valence-corrected chi connectivity index (χ1v) is 12.9. The van der Waals surface area contributed by atoms with Crippen LogP contribution in [-0.2, 0) is 20.8 Å². The van der Waals surface area contributed by atoms with Gasteiger partial charge in [-0.05, 0) is 80.5 Å². The van der Waals surface area contributed by atoms with Crippen molar-refractivity contribution in [2.75, 3.05) is 26.2 Å². The van der Waals surface area contributed by atoms with Crippen molar-refractivity contribution >= 4 is 29.7 Å². The highest BCUT2D eigenvalue weighted by atomic mass is 32.2. The van der Waals surface area contributed by atoms with Crippen LogP contribution in [0.1, 0.15) is 48.7 Å². The molecule has 0 radical (unpaired) electrons. The standard InChI is InChI=1S/C27H36N2O5S/c1-18-10-8-9-11-20(18)22-16-19(17-28-26(32)34-27(2,3)4)12-13-21(22)24(30)29(5)23(14-15-35-7)25(31)33-6/h8-13,16,23H,14-15,17H2,1-7H3,(H,28,32)/t23-/m0/s1. The van der Waals surface area contributed by atoms with E-state index >= 15 is 0 Å². The van der Waals surface area contributed by atoms with Gasteiger partial charge in [-0.2, -0.15) is 11.8 Å². The van der Waals surface area contributed by atoms with E-state index in [9.17, 15) is 14.4 Å². The summed E-state index contributed by atoms with van der Waals surface area (Å²) in [6.07, 6.45) is 1.94. The van der Waals surface area contributed by atoms with E-state index < -0.39 is 23.7 Å². The molecule has 0 aliphatic heterocycles. The van der Waals surface area contributed by atoms with Crippen LogP contribution in [0.4, 0.5) is 4.79 Å². The number of ether oxygens (including phenoxy) is 2. The van der Waals surface area contributed by atoms with Crippen LogP contribution in [0.25, 0.3) is 11.1 Å². The highest BCUT2D eigenvalue weighted by Gasteiger charge is 2.29. The molecule has 0 spiro atoms. The van der Waals surface area contributed by atoms with Crippen LogP contribution >= 0.6 is 11.8 Å². The topological polar surface area (TPSA) is 84.9 Å². The fraction of sp³-hybridized carbons (Fsp3) is 0.444. The molecule has 2 amide bonds. The van der Waals surface area contributed by atoms with Gasteiger partial charge in [0.15, 0.2) is 0 Å². The van der Waals surface area contributed by atoms with Crippen molar-refractivity contribution in [2.45, 2.75) is 52.3 Å². The zero-order valence-corrected chi connectivity index (χ0v) is 22.5. The number of methoxy groups -OCH3 is 1. The van der Waals surface area contributed by atoms with E-state index in [1.54, 1.807) is 51.7 Å². The molecule has 8 heteroatoms. The van der Waals surface area contributed by atoms with Crippen molar-refractivity contribution < 1.29 is 23.9 Å². The Balaban J connectivity index is 2.43. The lowest BCUT2D eigenvalue weighted by Crippen LogP contribution is -2.43. The van der Waals surface area contributed by atoms with Crippen molar-refractivity contribution in [3.63, 3.8) is 0 Å². The SMILES string of the molecule is COC(=O)[C@H](CCSC)N(C)C(=O)c1ccc(CNC(=O)OC(C)(C)C)cc1-c1ccccc1C. The third kappa shape index (κ3) is 8.02. The number of rotatable bonds is 9. The first kappa shape index (κ1) is 28.2. The molecule has 190 valence electrons. The molecule has 1 N–H and O–H groups in total. The second-order valence-electron chi connectivity index (χ2n) is 9.29. The van der Waals surface area contributed by atoms with Gasteiger partial charge in [0.25, 0.3) is 5.91 Å². The lowest BCUT2D eigenvalue weighted by molar-refractivity contribution is -0.145. The van der Waals surface area contributed by atoms with Crippen LogP contribution < -0.4 is 5.32 Å². The highest BCUT2D eigenvalue weighted by Crippen LogP contribution is 2.29. The number of hydrogen-bond acceptors (Lipinski definition) is 6. The summed E-state index contributed by atoms with van der Waals surface area (Å²) in [4.78, 5) is 39.6. The summed E-state index contributed by atoms with van der Waals surface area (Å²) in [7, 11) is 2.96. The summed E-state index contributed by atoms with van der Waals surface area (Å²) < 4.78 is 10.3. The van der Waals surface area contributed by atoms with E-state index in [-0.39, 0.29) is 12.5 Å². The number of thioether (sulfide) groups is 1. The average Bonchev–Trinajstić information content (AvgIpc) is 2.81. The molecule has 0 fully saturated rings. The van der Waals surface area contributed by atoms with Crippen LogP contribution in [0.3, 0.4) is 0 Å². The summed E-state index contributed by atoms with van der Waals surface area (Å²) >= 11 is 1.61. The maximum Gasteiger partial charge on any atom is 0.407 e. The van der Waals surface area contributed by atoms with Crippen molar-refractivity contribution in [1.29, 1.82) is 0 Å². The molecule has 7 nitrogen and oxygen atoms in total. The van der Waals surface area contributed by atoms with E-state index in [2.05, 4.69) is 5.32 Å². The van der Waals surface area contributed by atoms with Gasteiger partial charge in [0.05, 0.1) is 7.11 Å². The Morgan fingerprint density at radius 2 is 1.77 bits per heavy atom. The summed E-state index contributed by atoms with van der Waals surface area (Å²) in [6.45, 7) is 7.65. The molecule has 0 heterocycles. The average molecular weight is 501 g/mol. The van der Waals surface area contributed by atoms with Gasteiger partial charge in [-0.1, -0.05) is 30.3 Å². The van der Waals surface area contributed by atoms with Gasteiger partial charge < -0.3 is 19.7 Å². The minimum atomic E-state index is -0.682. The molecule has 2 rings (SSSR count). The second kappa shape index (κ2) is 12.6. The fourth-order valence-electron chi connectivity index (χ4n) is 3.64. The molecule has 2 aromatic rings. The molecule has 1 atom stereocenters. The first-order valence-electron chi connectivity index (χ1n) is 11.5. The predicted octanol–water partition coefficient (Wildman–Crippen LogP) is 5.05. The Morgan fingerprint density at radius 1 is 1.09 bits per heavy atom. The molecule has 0 saturated heterocycles. The largest absolute Gasteiger partial charge is 0.467 e. The van der Waals surface area contributed by atoms with Crippen LogP contribution in [0.2, 0.25) is 0 Å². The number of hydrogen-bond donors (Lipinski definition) is 1. The first-order chi connectivity index (χ1) is 16.5. The Morgan fingerprint density at radius 3 is 2.37 bits per heavy atom. The van der Waals surface area contributed by atoms with E-state index in [4.69, 9.17) is 9.47 Å². The monoisotopic (exact) mass is 500 g/mol. The lowest BCUT2D eigenvalue weighted by atomic mass is 9.93. The zero-order valence-electron chi connectivity index (χ0n) is 21.6. The van der Waals surface area contributed by atoms with Crippen molar-refractivity contribution in [2.24, 2.45) is 0 Å². The van der Waals surface area contributed by atoms with Gasteiger partial charge in [0.1, 0.15) is 11.6 Å². The van der Waals surface area contributed by atoms with Crippen molar-refractivity contribution in [3.8, 4) is 11.1 Å². The lowest BCUT2D eigenvalue weighted by Gasteiger charge is -2.27. The Labute approximate surface area is 212 Å². The minimum absolute atomic E-state index is 0.247. The number of aryl methyl sites for hydroxylation is 1. The molecule has 0 aliphatic rings. The highest BCUT2D eigenvalue weighted by molar-refractivity contribution is 7.98. The Kier molecular flexibility index (Phi) is 10.2. The number of esters is 1. The molecular formula is C27H36N2O5S. The minimum Gasteiger partial charge on any atom is -0.467 e. The summed E-state index contributed by atoms with van der Waals surface area (Å²) in [5, 5.41) is 2.76. The summed E-state index contributed by atoms with van der Waals surface area (Å²) in [6, 6.07) is 12.6. The number of carbonyl (C=O) groups is 3. The van der Waals surface area contributed by atoms with Gasteiger partial charge >= 0.3 is 12.1 Å². The van der Waals surface area contributed by atoms with Crippen molar-refractivity contribution in [1.82, 2.24) is 10.2 Å². The van der Waals surface area contributed by atoms with E-state index in [1.807, 2.05) is 43.5 Å². The molecular weight excluding hydrogens is 464 g/mol. The number of likely N-dealkylation sites (N-methyl/N-ethyl adjacent to an activating group) is 1. The van der Waals surface area contributed by atoms with Crippen LogP contribution in [0, 0.1) is 6.92 Å². The number of alkyl carbamates (subject to hydrolysis) is 1. The quantitative estimate of drug-likeness (QED) is 0.485. The second-order valence-corrected chi connectivity index (χ2v) is 10.3. The van der Waals surface area contributed by atoms with Crippen molar-refractivity contribution in [3.05, 3.63) is 59.2 Å². The van der Waals surface area contributed by atoms with Crippen LogP contribution in [0.15, 0.2) is 42.5 Å². The normalized spacial score (nSPS) is 12.0. The third-order valence-corrected chi connectivity index (χ3v) is 6.09. The predicted molar refractivity (Wildman–Crippen MR) is 141 cm³/mol. The third-order valence-electron chi connectivity index (χ3n) is 5.44. The number of amides is 2. The van der Waals surface area contributed by atoms with E-state index in [1.165, 1.54) is 12.0 Å². The maximum atomic E-state index is 13.6. The van der Waals surface area contributed by atoms with Gasteiger partial charge in [0, 0.05) is 19.2 Å². The van der Waals surface area contributed by atoms with Crippen LogP contribution in [0.5, 0.6) is 0 Å². The number of carbonyl (C=O) groups excluding carboxylic acids is 3. The molecule has 0 saturated carbocycles.